The zero-order chi connectivity index (χ0) is 6.97. The summed E-state index contributed by atoms with van der Waals surface area (Å²) in [6.45, 7) is 0.980. The maximum atomic E-state index is 11.2. The molecule has 1 atom stereocenters. The summed E-state index contributed by atoms with van der Waals surface area (Å²) >= 11 is 0. The molecule has 10 heavy (non-hydrogen) atoms. The molecule has 2 aliphatic rings. The highest BCUT2D eigenvalue weighted by atomic mass is 16.2. The van der Waals surface area contributed by atoms with Crippen molar-refractivity contribution in [3.63, 3.8) is 0 Å². The Balaban J connectivity index is 2.22. The lowest BCUT2D eigenvalue weighted by Crippen LogP contribution is -2.36. The maximum Gasteiger partial charge on any atom is 0.226 e. The van der Waals surface area contributed by atoms with Gasteiger partial charge in [-0.15, -0.1) is 0 Å². The van der Waals surface area contributed by atoms with E-state index in [1.165, 1.54) is 12.8 Å². The molecule has 54 valence electrons. The monoisotopic (exact) mass is 137 g/mol. The van der Waals surface area contributed by atoms with Gasteiger partial charge in [-0.2, -0.15) is 0 Å². The molecule has 1 unspecified atom stereocenters. The quantitative estimate of drug-likeness (QED) is 0.455. The first-order valence-electron chi connectivity index (χ1n) is 3.84. The summed E-state index contributed by atoms with van der Waals surface area (Å²) in [5, 5.41) is 0. The van der Waals surface area contributed by atoms with Crippen LogP contribution < -0.4 is 0 Å². The Morgan fingerprint density at radius 2 is 2.50 bits per heavy atom. The summed E-state index contributed by atoms with van der Waals surface area (Å²) in [5.41, 5.74) is 0. The highest BCUT2D eigenvalue weighted by molar-refractivity contribution is 5.79. The Bertz CT molecular complexity index is 186. The molecule has 0 saturated carbocycles. The topological polar surface area (TPSA) is 20.3 Å². The molecule has 0 N–H and O–H groups in total. The average molecular weight is 137 g/mol. The molecule has 2 nitrogen and oxygen atoms in total. The van der Waals surface area contributed by atoms with Crippen molar-refractivity contribution in [2.24, 2.45) is 0 Å². The molecular formula is C8H11NO. The summed E-state index contributed by atoms with van der Waals surface area (Å²) in [5.74, 6) is 0.310. The molecule has 0 aromatic rings. The fourth-order valence-corrected chi connectivity index (χ4v) is 1.75. The van der Waals surface area contributed by atoms with Gasteiger partial charge < -0.3 is 4.90 Å². The number of amides is 1. The lowest BCUT2D eigenvalue weighted by molar-refractivity contribution is -0.130. The molecular weight excluding hydrogens is 126 g/mol. The van der Waals surface area contributed by atoms with Gasteiger partial charge in [0.15, 0.2) is 0 Å². The van der Waals surface area contributed by atoms with Gasteiger partial charge >= 0.3 is 0 Å². The van der Waals surface area contributed by atoms with E-state index >= 15 is 0 Å². The van der Waals surface area contributed by atoms with Crippen molar-refractivity contribution in [1.82, 2.24) is 4.90 Å². The standard InChI is InChI=1S/C8H11NO/c10-8-5-1-3-7-4-2-6-9(7)8/h1,3,7H,2,4-6H2. The first kappa shape index (κ1) is 5.96. The minimum Gasteiger partial charge on any atom is -0.336 e. The smallest absolute Gasteiger partial charge is 0.226 e. The Labute approximate surface area is 60.5 Å². The SMILES string of the molecule is O=C1CC=CC2CCCN12. The van der Waals surface area contributed by atoms with E-state index in [2.05, 4.69) is 6.08 Å². The largest absolute Gasteiger partial charge is 0.336 e. The van der Waals surface area contributed by atoms with E-state index in [4.69, 9.17) is 0 Å². The van der Waals surface area contributed by atoms with Crippen LogP contribution in [0.1, 0.15) is 19.3 Å². The highest BCUT2D eigenvalue weighted by Gasteiger charge is 2.27. The van der Waals surface area contributed by atoms with E-state index in [9.17, 15) is 4.79 Å². The Kier molecular flexibility index (Phi) is 1.26. The van der Waals surface area contributed by atoms with Gasteiger partial charge in [-0.3, -0.25) is 4.79 Å². The Morgan fingerprint density at radius 1 is 1.60 bits per heavy atom. The number of carbonyl (C=O) groups is 1. The van der Waals surface area contributed by atoms with Crippen LogP contribution in [0, 0.1) is 0 Å². The van der Waals surface area contributed by atoms with E-state index in [-0.39, 0.29) is 0 Å². The van der Waals surface area contributed by atoms with Crippen LogP contribution in [0.25, 0.3) is 0 Å². The third-order valence-electron chi connectivity index (χ3n) is 2.27. The number of hydrogen-bond acceptors (Lipinski definition) is 1. The molecule has 1 saturated heterocycles. The number of nitrogens with zero attached hydrogens (tertiary/aromatic N) is 1. The third kappa shape index (κ3) is 0.753. The summed E-state index contributed by atoms with van der Waals surface area (Å²) < 4.78 is 0. The first-order valence-corrected chi connectivity index (χ1v) is 3.84. The number of rotatable bonds is 0. The molecule has 0 aromatic carbocycles. The van der Waals surface area contributed by atoms with Crippen LogP contribution in [0.2, 0.25) is 0 Å². The molecule has 1 fully saturated rings. The zero-order valence-electron chi connectivity index (χ0n) is 5.92. The minimum atomic E-state index is 0.310. The average Bonchev–Trinajstić information content (AvgIpc) is 2.36. The first-order chi connectivity index (χ1) is 4.88. The predicted octanol–water partition coefficient (Wildman–Crippen LogP) is 0.937. The van der Waals surface area contributed by atoms with Gasteiger partial charge in [-0.25, -0.2) is 0 Å². The molecule has 0 bridgehead atoms. The molecule has 2 heterocycles. The Morgan fingerprint density at radius 3 is 3.30 bits per heavy atom. The van der Waals surface area contributed by atoms with Crippen LogP contribution in [-0.2, 0) is 4.79 Å². The van der Waals surface area contributed by atoms with Gasteiger partial charge in [0.2, 0.25) is 5.91 Å². The van der Waals surface area contributed by atoms with Crippen molar-refractivity contribution in [1.29, 1.82) is 0 Å². The van der Waals surface area contributed by atoms with E-state index in [0.717, 1.165) is 6.54 Å². The van der Waals surface area contributed by atoms with Crippen molar-refractivity contribution in [2.75, 3.05) is 6.54 Å². The summed E-state index contributed by atoms with van der Waals surface area (Å²) in [6, 6.07) is 0.446. The predicted molar refractivity (Wildman–Crippen MR) is 38.5 cm³/mol. The van der Waals surface area contributed by atoms with Crippen molar-refractivity contribution in [3.05, 3.63) is 12.2 Å². The summed E-state index contributed by atoms with van der Waals surface area (Å²) in [6.07, 6.45) is 7.13. The van der Waals surface area contributed by atoms with Gasteiger partial charge in [-0.1, -0.05) is 12.2 Å². The fourth-order valence-electron chi connectivity index (χ4n) is 1.75. The van der Waals surface area contributed by atoms with Gasteiger partial charge in [0.1, 0.15) is 0 Å². The lowest BCUT2D eigenvalue weighted by atomic mass is 10.1. The van der Waals surface area contributed by atoms with Gasteiger partial charge in [0, 0.05) is 13.0 Å². The molecule has 2 heteroatoms. The van der Waals surface area contributed by atoms with Crippen LogP contribution in [0.5, 0.6) is 0 Å². The van der Waals surface area contributed by atoms with Crippen LogP contribution in [0.3, 0.4) is 0 Å². The molecule has 2 rings (SSSR count). The lowest BCUT2D eigenvalue weighted by Gasteiger charge is -2.24. The Hall–Kier alpha value is -0.790. The number of hydrogen-bond donors (Lipinski definition) is 0. The second kappa shape index (κ2) is 2.11. The van der Waals surface area contributed by atoms with Crippen molar-refractivity contribution in [3.8, 4) is 0 Å². The fraction of sp³-hybridized carbons (Fsp3) is 0.625. The third-order valence-corrected chi connectivity index (χ3v) is 2.27. The van der Waals surface area contributed by atoms with E-state index in [1.54, 1.807) is 0 Å². The molecule has 0 radical (unpaired) electrons. The number of fused-ring (bicyclic) bond motifs is 1. The van der Waals surface area contributed by atoms with E-state index < -0.39 is 0 Å². The highest BCUT2D eigenvalue weighted by Crippen LogP contribution is 2.22. The van der Waals surface area contributed by atoms with E-state index in [0.29, 0.717) is 18.4 Å². The molecule has 0 aliphatic carbocycles. The summed E-state index contributed by atoms with van der Waals surface area (Å²) in [4.78, 5) is 13.1. The van der Waals surface area contributed by atoms with Crippen LogP contribution in [0.4, 0.5) is 0 Å². The van der Waals surface area contributed by atoms with Crippen molar-refractivity contribution < 1.29 is 4.79 Å². The number of carbonyl (C=O) groups excluding carboxylic acids is 1. The van der Waals surface area contributed by atoms with Gasteiger partial charge in [0.05, 0.1) is 6.04 Å². The van der Waals surface area contributed by atoms with Crippen LogP contribution >= 0.6 is 0 Å². The molecule has 0 aromatic heterocycles. The second-order valence-corrected chi connectivity index (χ2v) is 2.93. The van der Waals surface area contributed by atoms with Crippen LogP contribution in [-0.4, -0.2) is 23.4 Å². The van der Waals surface area contributed by atoms with Crippen molar-refractivity contribution >= 4 is 5.91 Å². The summed E-state index contributed by atoms with van der Waals surface area (Å²) in [7, 11) is 0. The van der Waals surface area contributed by atoms with Crippen molar-refractivity contribution in [2.45, 2.75) is 25.3 Å². The minimum absolute atomic E-state index is 0.310. The normalized spacial score (nSPS) is 31.0. The van der Waals surface area contributed by atoms with Gasteiger partial charge in [-0.05, 0) is 12.8 Å². The molecule has 1 amide bonds. The van der Waals surface area contributed by atoms with E-state index in [1.807, 2.05) is 11.0 Å². The molecule has 0 spiro atoms. The van der Waals surface area contributed by atoms with Crippen LogP contribution in [0.15, 0.2) is 12.2 Å². The molecule has 2 aliphatic heterocycles. The van der Waals surface area contributed by atoms with Gasteiger partial charge in [0.25, 0.3) is 0 Å². The zero-order valence-corrected chi connectivity index (χ0v) is 5.92. The maximum absolute atomic E-state index is 11.2. The second-order valence-electron chi connectivity index (χ2n) is 2.93.